The predicted molar refractivity (Wildman–Crippen MR) is 103 cm³/mol. The number of aromatic nitrogens is 1. The van der Waals surface area contributed by atoms with Crippen LogP contribution in [-0.2, 0) is 4.79 Å². The zero-order chi connectivity index (χ0) is 17.8. The number of nitrogens with zero attached hydrogens (tertiary/aromatic N) is 3. The summed E-state index contributed by atoms with van der Waals surface area (Å²) in [6.07, 6.45) is 1.80. The molecule has 1 fully saturated rings. The molecular formula is C18H20Cl2N4O. The molecular weight excluding hydrogens is 359 g/mol. The topological polar surface area (TPSA) is 48.5 Å². The van der Waals surface area contributed by atoms with Crippen molar-refractivity contribution in [2.75, 3.05) is 36.4 Å². The van der Waals surface area contributed by atoms with Crippen LogP contribution < -0.4 is 10.2 Å². The summed E-state index contributed by atoms with van der Waals surface area (Å²) < 4.78 is 0. The smallest absolute Gasteiger partial charge is 0.241 e. The lowest BCUT2D eigenvalue weighted by atomic mass is 10.2. The first-order chi connectivity index (χ1) is 12.0. The number of nitrogens with one attached hydrogen (secondary N) is 1. The average molecular weight is 379 g/mol. The lowest BCUT2D eigenvalue weighted by molar-refractivity contribution is -0.120. The predicted octanol–water partition coefficient (Wildman–Crippen LogP) is 3.54. The van der Waals surface area contributed by atoms with E-state index in [9.17, 15) is 4.79 Å². The number of carbonyl (C=O) groups excluding carboxylic acids is 1. The van der Waals surface area contributed by atoms with E-state index in [1.165, 1.54) is 0 Å². The highest BCUT2D eigenvalue weighted by atomic mass is 35.5. The van der Waals surface area contributed by atoms with E-state index in [1.54, 1.807) is 24.4 Å². The van der Waals surface area contributed by atoms with Crippen molar-refractivity contribution in [3.05, 3.63) is 52.6 Å². The third kappa shape index (κ3) is 4.42. The van der Waals surface area contributed by atoms with Crippen LogP contribution in [0.1, 0.15) is 6.92 Å². The first-order valence-electron chi connectivity index (χ1n) is 8.20. The molecule has 25 heavy (non-hydrogen) atoms. The Bertz CT molecular complexity index is 733. The molecule has 2 aromatic rings. The summed E-state index contributed by atoms with van der Waals surface area (Å²) in [5.41, 5.74) is 0.579. The van der Waals surface area contributed by atoms with Crippen LogP contribution in [0.3, 0.4) is 0 Å². The van der Waals surface area contributed by atoms with E-state index in [1.807, 2.05) is 25.1 Å². The molecule has 1 aliphatic rings. The maximum absolute atomic E-state index is 12.5. The number of pyridine rings is 1. The first-order valence-corrected chi connectivity index (χ1v) is 8.96. The minimum Gasteiger partial charge on any atom is -0.354 e. The average Bonchev–Trinajstić information content (AvgIpc) is 2.64. The maximum Gasteiger partial charge on any atom is 0.241 e. The van der Waals surface area contributed by atoms with E-state index in [4.69, 9.17) is 23.2 Å². The summed E-state index contributed by atoms with van der Waals surface area (Å²) in [5.74, 6) is 0.905. The standard InChI is InChI=1S/C18H20Cl2N4O/c1-13(18(25)22-16-6-5-14(19)12-15(16)20)23-8-10-24(11-9-23)17-4-2-3-7-21-17/h2-7,12-13H,8-11H2,1H3,(H,22,25). The van der Waals surface area contributed by atoms with Crippen molar-refractivity contribution in [3.63, 3.8) is 0 Å². The van der Waals surface area contributed by atoms with E-state index in [0.29, 0.717) is 15.7 Å². The summed E-state index contributed by atoms with van der Waals surface area (Å²) in [6, 6.07) is 10.7. The monoisotopic (exact) mass is 378 g/mol. The van der Waals surface area contributed by atoms with Gasteiger partial charge in [-0.2, -0.15) is 0 Å². The van der Waals surface area contributed by atoms with Crippen molar-refractivity contribution in [2.45, 2.75) is 13.0 Å². The molecule has 1 saturated heterocycles. The van der Waals surface area contributed by atoms with Gasteiger partial charge in [0.1, 0.15) is 5.82 Å². The van der Waals surface area contributed by atoms with Crippen molar-refractivity contribution in [1.29, 1.82) is 0 Å². The minimum absolute atomic E-state index is 0.0736. The van der Waals surface area contributed by atoms with Gasteiger partial charge in [0.25, 0.3) is 0 Å². The van der Waals surface area contributed by atoms with Crippen LogP contribution in [0.15, 0.2) is 42.6 Å². The minimum atomic E-state index is -0.238. The first kappa shape index (κ1) is 18.0. The maximum atomic E-state index is 12.5. The van der Waals surface area contributed by atoms with Gasteiger partial charge in [0.2, 0.25) is 5.91 Å². The fourth-order valence-corrected chi connectivity index (χ4v) is 3.33. The van der Waals surface area contributed by atoms with Crippen molar-refractivity contribution in [1.82, 2.24) is 9.88 Å². The molecule has 0 aliphatic carbocycles. The Hall–Kier alpha value is -1.82. The highest BCUT2D eigenvalue weighted by Crippen LogP contribution is 2.25. The number of halogens is 2. The molecule has 5 nitrogen and oxygen atoms in total. The number of carbonyl (C=O) groups is 1. The van der Waals surface area contributed by atoms with Gasteiger partial charge in [-0.3, -0.25) is 9.69 Å². The number of rotatable bonds is 4. The van der Waals surface area contributed by atoms with Crippen LogP contribution in [0.2, 0.25) is 10.0 Å². The number of anilines is 2. The molecule has 1 aliphatic heterocycles. The lowest BCUT2D eigenvalue weighted by Gasteiger charge is -2.37. The summed E-state index contributed by atoms with van der Waals surface area (Å²) in [4.78, 5) is 21.3. The van der Waals surface area contributed by atoms with Crippen molar-refractivity contribution in [2.24, 2.45) is 0 Å². The zero-order valence-corrected chi connectivity index (χ0v) is 15.5. The molecule has 7 heteroatoms. The van der Waals surface area contributed by atoms with Gasteiger partial charge < -0.3 is 10.2 Å². The fourth-order valence-electron chi connectivity index (χ4n) is 2.87. The van der Waals surface area contributed by atoms with Crippen molar-refractivity contribution >= 4 is 40.6 Å². The SMILES string of the molecule is CC(C(=O)Nc1ccc(Cl)cc1Cl)N1CCN(c2ccccn2)CC1. The van der Waals surface area contributed by atoms with Crippen LogP contribution in [0.25, 0.3) is 0 Å². The molecule has 0 radical (unpaired) electrons. The Balaban J connectivity index is 1.56. The van der Waals surface area contributed by atoms with Gasteiger partial charge in [0, 0.05) is 37.4 Å². The molecule has 2 heterocycles. The second-order valence-electron chi connectivity index (χ2n) is 6.00. The Morgan fingerprint density at radius 2 is 1.92 bits per heavy atom. The highest BCUT2D eigenvalue weighted by molar-refractivity contribution is 6.36. The van der Waals surface area contributed by atoms with E-state index in [2.05, 4.69) is 20.1 Å². The second kappa shape index (κ2) is 8.04. The van der Waals surface area contributed by atoms with Gasteiger partial charge in [-0.1, -0.05) is 29.3 Å². The molecule has 1 atom stereocenters. The van der Waals surface area contributed by atoms with E-state index >= 15 is 0 Å². The number of benzene rings is 1. The van der Waals surface area contributed by atoms with Gasteiger partial charge in [-0.15, -0.1) is 0 Å². The molecule has 132 valence electrons. The van der Waals surface area contributed by atoms with Crippen LogP contribution in [0.4, 0.5) is 11.5 Å². The number of amides is 1. The third-order valence-electron chi connectivity index (χ3n) is 4.40. The van der Waals surface area contributed by atoms with E-state index in [-0.39, 0.29) is 11.9 Å². The molecule has 0 bridgehead atoms. The molecule has 0 saturated carbocycles. The van der Waals surface area contributed by atoms with Gasteiger partial charge in [-0.25, -0.2) is 4.98 Å². The normalized spacial score (nSPS) is 16.5. The van der Waals surface area contributed by atoms with Crippen LogP contribution >= 0.6 is 23.2 Å². The summed E-state index contributed by atoms with van der Waals surface area (Å²) in [7, 11) is 0. The zero-order valence-electron chi connectivity index (χ0n) is 14.0. The molecule has 3 rings (SSSR count). The summed E-state index contributed by atoms with van der Waals surface area (Å²) in [5, 5.41) is 3.86. The largest absolute Gasteiger partial charge is 0.354 e. The Kier molecular flexibility index (Phi) is 5.78. The number of piperazine rings is 1. The molecule has 1 unspecified atom stereocenters. The van der Waals surface area contributed by atoms with Crippen LogP contribution in [0, 0.1) is 0 Å². The third-order valence-corrected chi connectivity index (χ3v) is 4.95. The summed E-state index contributed by atoms with van der Waals surface area (Å²) >= 11 is 12.0. The molecule has 0 spiro atoms. The van der Waals surface area contributed by atoms with Crippen molar-refractivity contribution in [3.8, 4) is 0 Å². The second-order valence-corrected chi connectivity index (χ2v) is 6.84. The molecule has 1 aromatic carbocycles. The summed E-state index contributed by atoms with van der Waals surface area (Å²) in [6.45, 7) is 5.21. The van der Waals surface area contributed by atoms with Crippen LogP contribution in [-0.4, -0.2) is 48.0 Å². The molecule has 1 amide bonds. The Morgan fingerprint density at radius 3 is 2.56 bits per heavy atom. The Morgan fingerprint density at radius 1 is 1.16 bits per heavy atom. The van der Waals surface area contributed by atoms with Gasteiger partial charge in [0.15, 0.2) is 0 Å². The molecule has 1 N–H and O–H groups in total. The molecule has 1 aromatic heterocycles. The van der Waals surface area contributed by atoms with Crippen molar-refractivity contribution < 1.29 is 4.79 Å². The quantitative estimate of drug-likeness (QED) is 0.883. The number of hydrogen-bond donors (Lipinski definition) is 1. The van der Waals surface area contributed by atoms with E-state index < -0.39 is 0 Å². The Labute approximate surface area is 157 Å². The highest BCUT2D eigenvalue weighted by Gasteiger charge is 2.26. The van der Waals surface area contributed by atoms with Gasteiger partial charge in [-0.05, 0) is 37.3 Å². The lowest BCUT2D eigenvalue weighted by Crippen LogP contribution is -2.53. The fraction of sp³-hybridized carbons (Fsp3) is 0.333. The van der Waals surface area contributed by atoms with Crippen LogP contribution in [0.5, 0.6) is 0 Å². The van der Waals surface area contributed by atoms with Gasteiger partial charge in [0.05, 0.1) is 16.8 Å². The van der Waals surface area contributed by atoms with E-state index in [0.717, 1.165) is 32.0 Å². The van der Waals surface area contributed by atoms with Gasteiger partial charge >= 0.3 is 0 Å². The number of hydrogen-bond acceptors (Lipinski definition) is 4.